The van der Waals surface area contributed by atoms with E-state index in [2.05, 4.69) is 20.8 Å². The van der Waals surface area contributed by atoms with Crippen LogP contribution in [0.1, 0.15) is 16.2 Å². The number of thioether (sulfide) groups is 1. The number of ether oxygens (including phenoxy) is 1. The zero-order valence-corrected chi connectivity index (χ0v) is 20.1. The number of halogens is 3. The summed E-state index contributed by atoms with van der Waals surface area (Å²) in [6.07, 6.45) is 0. The highest BCUT2D eigenvalue weighted by molar-refractivity contribution is 7.99. The number of hydrogen-bond acceptors (Lipinski definition) is 6. The van der Waals surface area contributed by atoms with Gasteiger partial charge in [0.15, 0.2) is 11.0 Å². The Balaban J connectivity index is 1.54. The predicted molar refractivity (Wildman–Crippen MR) is 126 cm³/mol. The standard InChI is InChI=1S/C20H18Cl3N5O3S/c1-28-16(9-24-19(30)11-3-5-13(31-2)6-4-11)26-27-20(28)32-10-17(29)25-18-14(22)7-12(21)8-15(18)23/h3-8H,9-10H2,1-2H3,(H,24,30)(H,25,29). The Labute approximate surface area is 203 Å². The second kappa shape index (κ2) is 10.9. The molecule has 0 saturated carbocycles. The van der Waals surface area contributed by atoms with Gasteiger partial charge in [-0.15, -0.1) is 10.2 Å². The maximum Gasteiger partial charge on any atom is 0.251 e. The molecule has 3 rings (SSSR count). The number of aromatic nitrogens is 3. The third-order valence-corrected chi connectivity index (χ3v) is 6.12. The molecule has 2 aromatic carbocycles. The highest BCUT2D eigenvalue weighted by Gasteiger charge is 2.15. The molecule has 0 saturated heterocycles. The van der Waals surface area contributed by atoms with Crippen LogP contribution in [-0.2, 0) is 18.4 Å². The summed E-state index contributed by atoms with van der Waals surface area (Å²) in [5.74, 6) is 0.693. The molecule has 0 spiro atoms. The van der Waals surface area contributed by atoms with Crippen LogP contribution in [0.2, 0.25) is 15.1 Å². The van der Waals surface area contributed by atoms with Crippen molar-refractivity contribution in [3.63, 3.8) is 0 Å². The zero-order chi connectivity index (χ0) is 23.3. The van der Waals surface area contributed by atoms with Gasteiger partial charge in [-0.2, -0.15) is 0 Å². The van der Waals surface area contributed by atoms with E-state index in [0.29, 0.717) is 33.0 Å². The molecular formula is C20H18Cl3N5O3S. The van der Waals surface area contributed by atoms with Gasteiger partial charge in [-0.05, 0) is 36.4 Å². The van der Waals surface area contributed by atoms with Gasteiger partial charge in [-0.3, -0.25) is 9.59 Å². The monoisotopic (exact) mass is 513 g/mol. The predicted octanol–water partition coefficient (Wildman–Crippen LogP) is 4.44. The Bertz CT molecular complexity index is 1120. The molecule has 0 aliphatic carbocycles. The lowest BCUT2D eigenvalue weighted by molar-refractivity contribution is -0.113. The summed E-state index contributed by atoms with van der Waals surface area (Å²) in [6, 6.07) is 9.75. The van der Waals surface area contributed by atoms with Crippen LogP contribution in [0.25, 0.3) is 0 Å². The molecule has 8 nitrogen and oxygen atoms in total. The number of hydrogen-bond donors (Lipinski definition) is 2. The average Bonchev–Trinajstić information content (AvgIpc) is 3.12. The highest BCUT2D eigenvalue weighted by atomic mass is 35.5. The number of benzene rings is 2. The summed E-state index contributed by atoms with van der Waals surface area (Å²) < 4.78 is 6.79. The first kappa shape index (κ1) is 24.2. The summed E-state index contributed by atoms with van der Waals surface area (Å²) >= 11 is 19.2. The van der Waals surface area contributed by atoms with Crippen LogP contribution >= 0.6 is 46.6 Å². The molecule has 0 aliphatic rings. The summed E-state index contributed by atoms with van der Waals surface area (Å²) in [5, 5.41) is 15.0. The Morgan fingerprint density at radius 3 is 2.38 bits per heavy atom. The molecule has 0 fully saturated rings. The van der Waals surface area contributed by atoms with Gasteiger partial charge in [0.1, 0.15) is 5.75 Å². The van der Waals surface area contributed by atoms with Gasteiger partial charge in [-0.1, -0.05) is 46.6 Å². The molecule has 0 unspecified atom stereocenters. The first-order chi connectivity index (χ1) is 15.3. The summed E-state index contributed by atoms with van der Waals surface area (Å²) in [7, 11) is 3.31. The minimum absolute atomic E-state index is 0.0550. The smallest absolute Gasteiger partial charge is 0.251 e. The third-order valence-electron chi connectivity index (χ3n) is 4.29. The Kier molecular flexibility index (Phi) is 8.25. The van der Waals surface area contributed by atoms with Gasteiger partial charge in [0.2, 0.25) is 5.91 Å². The van der Waals surface area contributed by atoms with Gasteiger partial charge in [0.25, 0.3) is 5.91 Å². The quantitative estimate of drug-likeness (QED) is 0.431. The Morgan fingerprint density at radius 2 is 1.75 bits per heavy atom. The molecule has 0 bridgehead atoms. The number of anilines is 1. The van der Waals surface area contributed by atoms with Crippen molar-refractivity contribution in [3.05, 3.63) is 62.9 Å². The SMILES string of the molecule is COc1ccc(C(=O)NCc2nnc(SCC(=O)Nc3c(Cl)cc(Cl)cc3Cl)n2C)cc1. The third kappa shape index (κ3) is 6.07. The fourth-order valence-electron chi connectivity index (χ4n) is 2.60. The Morgan fingerprint density at radius 1 is 1.09 bits per heavy atom. The number of nitrogens with zero attached hydrogens (tertiary/aromatic N) is 3. The van der Waals surface area contributed by atoms with Crippen LogP contribution < -0.4 is 15.4 Å². The van der Waals surface area contributed by atoms with E-state index in [0.717, 1.165) is 0 Å². The summed E-state index contributed by atoms with van der Waals surface area (Å²) in [4.78, 5) is 24.6. The molecule has 32 heavy (non-hydrogen) atoms. The number of nitrogens with one attached hydrogen (secondary N) is 2. The molecule has 0 atom stereocenters. The largest absolute Gasteiger partial charge is 0.497 e. The van der Waals surface area contributed by atoms with E-state index >= 15 is 0 Å². The van der Waals surface area contributed by atoms with E-state index < -0.39 is 0 Å². The number of rotatable bonds is 8. The average molecular weight is 515 g/mol. The van der Waals surface area contributed by atoms with Crippen LogP contribution in [0.15, 0.2) is 41.6 Å². The molecule has 1 aromatic heterocycles. The summed E-state index contributed by atoms with van der Waals surface area (Å²) in [6.45, 7) is 0.178. The molecule has 1 heterocycles. The maximum absolute atomic E-state index is 12.3. The van der Waals surface area contributed by atoms with Crippen molar-refractivity contribution in [1.29, 1.82) is 0 Å². The molecule has 168 valence electrons. The van der Waals surface area contributed by atoms with Gasteiger partial charge in [-0.25, -0.2) is 0 Å². The van der Waals surface area contributed by atoms with Gasteiger partial charge >= 0.3 is 0 Å². The van der Waals surface area contributed by atoms with Gasteiger partial charge in [0, 0.05) is 17.6 Å². The fourth-order valence-corrected chi connectivity index (χ4v) is 4.24. The van der Waals surface area contributed by atoms with Crippen molar-refractivity contribution in [2.45, 2.75) is 11.7 Å². The lowest BCUT2D eigenvalue weighted by atomic mass is 10.2. The lowest BCUT2D eigenvalue weighted by Crippen LogP contribution is -2.24. The molecule has 3 aromatic rings. The normalized spacial score (nSPS) is 10.7. The van der Waals surface area contributed by atoms with Gasteiger partial charge in [0.05, 0.1) is 35.1 Å². The van der Waals surface area contributed by atoms with Crippen molar-refractivity contribution in [1.82, 2.24) is 20.1 Å². The molecule has 12 heteroatoms. The minimum atomic E-state index is -0.321. The summed E-state index contributed by atoms with van der Waals surface area (Å²) in [5.41, 5.74) is 0.794. The van der Waals surface area contributed by atoms with Crippen molar-refractivity contribution in [2.75, 3.05) is 18.2 Å². The fraction of sp³-hybridized carbons (Fsp3) is 0.200. The zero-order valence-electron chi connectivity index (χ0n) is 17.0. The number of carbonyl (C=O) groups is 2. The van der Waals surface area contributed by atoms with E-state index in [1.54, 1.807) is 43.0 Å². The van der Waals surface area contributed by atoms with Crippen molar-refractivity contribution in [3.8, 4) is 5.75 Å². The second-order valence-corrected chi connectivity index (χ2v) is 8.64. The molecule has 2 N–H and O–H groups in total. The van der Waals surface area contributed by atoms with Crippen LogP contribution in [-0.4, -0.2) is 39.4 Å². The van der Waals surface area contributed by atoms with E-state index in [1.165, 1.54) is 23.9 Å². The first-order valence-corrected chi connectivity index (χ1v) is 11.3. The second-order valence-electron chi connectivity index (χ2n) is 6.45. The van der Waals surface area contributed by atoms with E-state index in [-0.39, 0.29) is 34.2 Å². The van der Waals surface area contributed by atoms with Crippen molar-refractivity contribution >= 4 is 64.1 Å². The molecule has 0 aliphatic heterocycles. The topological polar surface area (TPSA) is 98.1 Å². The maximum atomic E-state index is 12.3. The van der Waals surface area contributed by atoms with Crippen molar-refractivity contribution < 1.29 is 14.3 Å². The molecule has 0 radical (unpaired) electrons. The van der Waals surface area contributed by atoms with Crippen LogP contribution in [0.5, 0.6) is 5.75 Å². The number of methoxy groups -OCH3 is 1. The Hall–Kier alpha value is -2.46. The van der Waals surface area contributed by atoms with Crippen molar-refractivity contribution in [2.24, 2.45) is 7.05 Å². The van der Waals surface area contributed by atoms with E-state index in [9.17, 15) is 9.59 Å². The van der Waals surface area contributed by atoms with E-state index in [4.69, 9.17) is 39.5 Å². The first-order valence-electron chi connectivity index (χ1n) is 9.16. The van der Waals surface area contributed by atoms with Gasteiger partial charge < -0.3 is 19.9 Å². The highest BCUT2D eigenvalue weighted by Crippen LogP contribution is 2.33. The van der Waals surface area contributed by atoms with Crippen LogP contribution in [0.4, 0.5) is 5.69 Å². The number of amides is 2. The minimum Gasteiger partial charge on any atom is -0.497 e. The number of carbonyl (C=O) groups excluding carboxylic acids is 2. The van der Waals surface area contributed by atoms with Crippen LogP contribution in [0, 0.1) is 0 Å². The molecule has 2 amide bonds. The lowest BCUT2D eigenvalue weighted by Gasteiger charge is -2.10. The molecular weight excluding hydrogens is 497 g/mol. The van der Waals surface area contributed by atoms with E-state index in [1.807, 2.05) is 0 Å². The van der Waals surface area contributed by atoms with Crippen LogP contribution in [0.3, 0.4) is 0 Å².